The Kier molecular flexibility index (Phi) is 4.89. The second kappa shape index (κ2) is 7.33. The smallest absolute Gasteiger partial charge is 0.257 e. The molecule has 6 nitrogen and oxygen atoms in total. The molecule has 3 aliphatic rings. The van der Waals surface area contributed by atoms with Gasteiger partial charge in [0.1, 0.15) is 5.82 Å². The van der Waals surface area contributed by atoms with Crippen LogP contribution in [0.5, 0.6) is 0 Å². The minimum Gasteiger partial charge on any atom is -0.383 e. The van der Waals surface area contributed by atoms with E-state index in [4.69, 9.17) is 5.73 Å². The Bertz CT molecular complexity index is 739. The maximum absolute atomic E-state index is 13.0. The molecule has 3 atom stereocenters. The molecular weight excluding hydrogens is 340 g/mol. The van der Waals surface area contributed by atoms with Gasteiger partial charge in [-0.2, -0.15) is 0 Å². The molecule has 144 valence electrons. The van der Waals surface area contributed by atoms with Crippen molar-refractivity contribution < 1.29 is 9.59 Å². The molecule has 1 aliphatic carbocycles. The number of allylic oxidation sites excluding steroid dienone is 1. The molecule has 2 fully saturated rings. The van der Waals surface area contributed by atoms with Crippen LogP contribution in [0.3, 0.4) is 0 Å². The summed E-state index contributed by atoms with van der Waals surface area (Å²) in [4.78, 5) is 33.8. The fraction of sp³-hybridized carbons (Fsp3) is 0.571. The van der Waals surface area contributed by atoms with E-state index in [0.717, 1.165) is 57.4 Å². The van der Waals surface area contributed by atoms with E-state index in [-0.39, 0.29) is 17.7 Å². The Morgan fingerprint density at radius 3 is 2.41 bits per heavy atom. The Hall–Kier alpha value is -2.37. The average molecular weight is 368 g/mol. The van der Waals surface area contributed by atoms with Gasteiger partial charge in [0.15, 0.2) is 0 Å². The lowest BCUT2D eigenvalue weighted by molar-refractivity contribution is -0.134. The molecule has 6 heteroatoms. The number of carbonyl (C=O) groups is 2. The summed E-state index contributed by atoms with van der Waals surface area (Å²) in [7, 11) is 0. The first-order valence-electron chi connectivity index (χ1n) is 10.0. The zero-order valence-corrected chi connectivity index (χ0v) is 15.9. The van der Waals surface area contributed by atoms with Gasteiger partial charge in [0.2, 0.25) is 5.91 Å². The predicted octanol–water partition coefficient (Wildman–Crippen LogP) is 2.25. The standard InChI is InChI=1S/C21H28N4O2/c1-14-6-9-23-19(22)18(14)21(27)25-12-16-7-10-24(11-8-17(16)13-25)20(26)15-4-2-3-5-15/h2,4,6,9,15-17H,3,5,7-8,10-13H2,1H3,(H2,22,23)/t15?,16-,17+. The van der Waals surface area contributed by atoms with E-state index in [1.807, 2.05) is 22.8 Å². The van der Waals surface area contributed by atoms with Crippen LogP contribution in [0.1, 0.15) is 41.6 Å². The number of carbonyl (C=O) groups excluding carboxylic acids is 2. The first-order valence-corrected chi connectivity index (χ1v) is 10.0. The number of pyridine rings is 1. The van der Waals surface area contributed by atoms with Crippen LogP contribution >= 0.6 is 0 Å². The SMILES string of the molecule is Cc1ccnc(N)c1C(=O)N1C[C@H]2CCN(C(=O)C3C=CCC3)CC[C@H]2C1. The minimum absolute atomic E-state index is 0.00445. The third kappa shape index (κ3) is 3.45. The molecule has 2 N–H and O–H groups in total. The fourth-order valence-corrected chi connectivity index (χ4v) is 4.82. The van der Waals surface area contributed by atoms with E-state index in [9.17, 15) is 9.59 Å². The van der Waals surface area contributed by atoms with E-state index >= 15 is 0 Å². The number of nitrogens with zero attached hydrogens (tertiary/aromatic N) is 3. The van der Waals surface area contributed by atoms with Crippen molar-refractivity contribution in [1.29, 1.82) is 0 Å². The van der Waals surface area contributed by atoms with Crippen LogP contribution < -0.4 is 5.73 Å². The predicted molar refractivity (Wildman–Crippen MR) is 104 cm³/mol. The van der Waals surface area contributed by atoms with Crippen molar-refractivity contribution in [3.63, 3.8) is 0 Å². The molecule has 0 aromatic carbocycles. The molecule has 1 aromatic heterocycles. The topological polar surface area (TPSA) is 79.5 Å². The third-order valence-electron chi connectivity index (χ3n) is 6.45. The van der Waals surface area contributed by atoms with Gasteiger partial charge in [0.05, 0.1) is 11.5 Å². The Labute approximate surface area is 160 Å². The number of aryl methyl sites for hydroxylation is 1. The Morgan fingerprint density at radius 2 is 1.81 bits per heavy atom. The van der Waals surface area contributed by atoms with E-state index in [2.05, 4.69) is 17.1 Å². The normalized spacial score (nSPS) is 27.5. The van der Waals surface area contributed by atoms with E-state index in [1.165, 1.54) is 0 Å². The molecule has 0 saturated carbocycles. The largest absolute Gasteiger partial charge is 0.383 e. The second-order valence-electron chi connectivity index (χ2n) is 8.13. The summed E-state index contributed by atoms with van der Waals surface area (Å²) in [6.45, 7) is 5.02. The summed E-state index contributed by atoms with van der Waals surface area (Å²) in [6, 6.07) is 1.83. The molecule has 3 heterocycles. The molecule has 0 spiro atoms. The van der Waals surface area contributed by atoms with Crippen LogP contribution in [-0.4, -0.2) is 52.8 Å². The molecule has 2 saturated heterocycles. The van der Waals surface area contributed by atoms with Crippen LogP contribution in [0.15, 0.2) is 24.4 Å². The maximum Gasteiger partial charge on any atom is 0.257 e. The zero-order valence-electron chi connectivity index (χ0n) is 15.9. The lowest BCUT2D eigenvalue weighted by Gasteiger charge is -2.25. The molecular formula is C21H28N4O2. The van der Waals surface area contributed by atoms with E-state index < -0.39 is 0 Å². The summed E-state index contributed by atoms with van der Waals surface area (Å²) in [6.07, 6.45) is 9.73. The number of amides is 2. The van der Waals surface area contributed by atoms with Crippen LogP contribution in [-0.2, 0) is 4.79 Å². The van der Waals surface area contributed by atoms with Crippen molar-refractivity contribution in [1.82, 2.24) is 14.8 Å². The quantitative estimate of drug-likeness (QED) is 0.812. The Morgan fingerprint density at radius 1 is 1.11 bits per heavy atom. The lowest BCUT2D eigenvalue weighted by Crippen LogP contribution is -2.37. The third-order valence-corrected chi connectivity index (χ3v) is 6.45. The van der Waals surface area contributed by atoms with E-state index in [0.29, 0.717) is 23.2 Å². The molecule has 27 heavy (non-hydrogen) atoms. The van der Waals surface area contributed by atoms with Gasteiger partial charge < -0.3 is 15.5 Å². The molecule has 1 unspecified atom stereocenters. The number of hydrogen-bond donors (Lipinski definition) is 1. The van der Waals surface area contributed by atoms with Crippen LogP contribution in [0.25, 0.3) is 0 Å². The number of fused-ring (bicyclic) bond motifs is 1. The van der Waals surface area contributed by atoms with Crippen molar-refractivity contribution in [3.8, 4) is 0 Å². The monoisotopic (exact) mass is 368 g/mol. The highest BCUT2D eigenvalue weighted by atomic mass is 16.2. The van der Waals surface area contributed by atoms with Gasteiger partial charge in [0, 0.05) is 32.4 Å². The number of nitrogens with two attached hydrogens (primary N) is 1. The molecule has 2 amide bonds. The van der Waals surface area contributed by atoms with Gasteiger partial charge in [-0.15, -0.1) is 0 Å². The minimum atomic E-state index is -0.00445. The average Bonchev–Trinajstić information content (AvgIpc) is 3.28. The van der Waals surface area contributed by atoms with Crippen LogP contribution in [0.2, 0.25) is 0 Å². The number of likely N-dealkylation sites (tertiary alicyclic amines) is 2. The first kappa shape index (κ1) is 18.0. The molecule has 0 radical (unpaired) electrons. The highest BCUT2D eigenvalue weighted by molar-refractivity contribution is 5.99. The van der Waals surface area contributed by atoms with Gasteiger partial charge in [-0.1, -0.05) is 12.2 Å². The van der Waals surface area contributed by atoms with Crippen molar-refractivity contribution in [2.45, 2.75) is 32.6 Å². The fourth-order valence-electron chi connectivity index (χ4n) is 4.82. The van der Waals surface area contributed by atoms with Crippen LogP contribution in [0.4, 0.5) is 5.82 Å². The van der Waals surface area contributed by atoms with Gasteiger partial charge >= 0.3 is 0 Å². The van der Waals surface area contributed by atoms with Crippen molar-refractivity contribution in [2.24, 2.45) is 17.8 Å². The summed E-state index contributed by atoms with van der Waals surface area (Å²) >= 11 is 0. The number of nitrogen functional groups attached to an aromatic ring is 1. The van der Waals surface area contributed by atoms with Gasteiger partial charge in [-0.25, -0.2) is 4.98 Å². The summed E-state index contributed by atoms with van der Waals surface area (Å²) in [5.74, 6) is 1.60. The first-order chi connectivity index (χ1) is 13.0. The molecule has 4 rings (SSSR count). The van der Waals surface area contributed by atoms with Gasteiger partial charge in [-0.3, -0.25) is 9.59 Å². The highest BCUT2D eigenvalue weighted by Gasteiger charge is 2.39. The van der Waals surface area contributed by atoms with Crippen LogP contribution in [0, 0.1) is 24.7 Å². The number of anilines is 1. The summed E-state index contributed by atoms with van der Waals surface area (Å²) in [5.41, 5.74) is 7.38. The molecule has 1 aromatic rings. The molecule has 2 aliphatic heterocycles. The molecule has 0 bridgehead atoms. The van der Waals surface area contributed by atoms with Crippen molar-refractivity contribution in [2.75, 3.05) is 31.9 Å². The number of rotatable bonds is 2. The van der Waals surface area contributed by atoms with Gasteiger partial charge in [0.25, 0.3) is 5.91 Å². The second-order valence-corrected chi connectivity index (χ2v) is 8.13. The summed E-state index contributed by atoms with van der Waals surface area (Å²) < 4.78 is 0. The van der Waals surface area contributed by atoms with E-state index in [1.54, 1.807) is 6.20 Å². The lowest BCUT2D eigenvalue weighted by atomic mass is 9.92. The summed E-state index contributed by atoms with van der Waals surface area (Å²) in [5, 5.41) is 0. The number of hydrogen-bond acceptors (Lipinski definition) is 4. The maximum atomic E-state index is 13.0. The van der Waals surface area contributed by atoms with Crippen molar-refractivity contribution in [3.05, 3.63) is 35.5 Å². The highest BCUT2D eigenvalue weighted by Crippen LogP contribution is 2.34. The zero-order chi connectivity index (χ0) is 19.0. The number of aromatic nitrogens is 1. The Balaban J connectivity index is 1.40. The van der Waals surface area contributed by atoms with Gasteiger partial charge in [-0.05, 0) is 56.1 Å². The van der Waals surface area contributed by atoms with Crippen molar-refractivity contribution >= 4 is 17.6 Å².